The molecule has 0 aromatic heterocycles. The second kappa shape index (κ2) is 4.61. The van der Waals surface area contributed by atoms with Crippen LogP contribution in [-0.2, 0) is 14.3 Å². The number of rotatable bonds is 4. The van der Waals surface area contributed by atoms with Crippen molar-refractivity contribution in [2.24, 2.45) is 0 Å². The third kappa shape index (κ3) is 2.74. The van der Waals surface area contributed by atoms with E-state index >= 15 is 0 Å². The Morgan fingerprint density at radius 1 is 1.43 bits per heavy atom. The fourth-order valence-corrected chi connectivity index (χ4v) is 1.08. The highest BCUT2D eigenvalue weighted by Crippen LogP contribution is 2.18. The van der Waals surface area contributed by atoms with Gasteiger partial charge >= 0.3 is 12.1 Å². The van der Waals surface area contributed by atoms with E-state index in [9.17, 15) is 9.59 Å². The predicted molar refractivity (Wildman–Crippen MR) is 43.6 cm³/mol. The van der Waals surface area contributed by atoms with Crippen LogP contribution in [-0.4, -0.2) is 41.2 Å². The number of carbonyl (C=O) groups excluding carboxylic acids is 1. The molecule has 0 amide bonds. The monoisotopic (exact) mass is 202 g/mol. The first kappa shape index (κ1) is 10.5. The molecule has 0 saturated carbocycles. The third-order valence-corrected chi connectivity index (χ3v) is 1.72. The van der Waals surface area contributed by atoms with Gasteiger partial charge in [-0.25, -0.2) is 9.59 Å². The summed E-state index contributed by atoms with van der Waals surface area (Å²) < 4.78 is 9.27. The van der Waals surface area contributed by atoms with Gasteiger partial charge in [0.1, 0.15) is 6.10 Å². The van der Waals surface area contributed by atoms with Crippen molar-refractivity contribution in [1.29, 1.82) is 0 Å². The molecule has 2 N–H and O–H groups in total. The van der Waals surface area contributed by atoms with E-state index in [-0.39, 0.29) is 13.0 Å². The Hall–Kier alpha value is -1.56. The van der Waals surface area contributed by atoms with Crippen molar-refractivity contribution < 1.29 is 29.3 Å². The molecule has 0 bridgehead atoms. The molecule has 1 rings (SSSR count). The first-order chi connectivity index (χ1) is 6.63. The second-order valence-electron chi connectivity index (χ2n) is 2.72. The Kier molecular flexibility index (Phi) is 3.47. The minimum absolute atomic E-state index is 0.212. The number of carboxylic acids is 1. The average Bonchev–Trinajstić information content (AvgIpc) is 2.45. The molecule has 1 heterocycles. The Labute approximate surface area is 79.7 Å². The fourth-order valence-electron chi connectivity index (χ4n) is 1.08. The number of ether oxygens (including phenoxy) is 2. The highest BCUT2D eigenvalue weighted by atomic mass is 16.8. The third-order valence-electron chi connectivity index (χ3n) is 1.72. The smallest absolute Gasteiger partial charge is 0.478 e. The maximum atomic E-state index is 10.6. The van der Waals surface area contributed by atoms with Crippen molar-refractivity contribution in [3.8, 4) is 0 Å². The minimum atomic E-state index is -1.07. The summed E-state index contributed by atoms with van der Waals surface area (Å²) >= 11 is 0. The zero-order chi connectivity index (χ0) is 10.6. The van der Waals surface area contributed by atoms with E-state index in [1.807, 2.05) is 0 Å². The molecule has 1 aliphatic heterocycles. The summed E-state index contributed by atoms with van der Waals surface area (Å²) in [6.07, 6.45) is 0.350. The maximum Gasteiger partial charge on any atom is 0.509 e. The van der Waals surface area contributed by atoms with Gasteiger partial charge in [0.2, 0.25) is 0 Å². The standard InChI is InChI=1S/C8H10O6/c9-4-6-5(13-8(12)14-6)2-1-3-7(10)11/h1,3,5-6,9H,2,4H2,(H,10,11)/b3-1+/t5-,6+/m0/s1. The van der Waals surface area contributed by atoms with E-state index in [1.54, 1.807) is 0 Å². The average molecular weight is 202 g/mol. The molecule has 0 spiro atoms. The van der Waals surface area contributed by atoms with Gasteiger partial charge in [-0.05, 0) is 0 Å². The number of aliphatic hydroxyl groups is 1. The van der Waals surface area contributed by atoms with Crippen molar-refractivity contribution >= 4 is 12.1 Å². The van der Waals surface area contributed by atoms with Gasteiger partial charge in [0, 0.05) is 12.5 Å². The van der Waals surface area contributed by atoms with Crippen molar-refractivity contribution in [1.82, 2.24) is 0 Å². The molecule has 2 atom stereocenters. The summed E-state index contributed by atoms with van der Waals surface area (Å²) in [5.74, 6) is -1.07. The molecule has 6 nitrogen and oxygen atoms in total. The quantitative estimate of drug-likeness (QED) is 0.489. The molecular weight excluding hydrogens is 192 g/mol. The van der Waals surface area contributed by atoms with Gasteiger partial charge in [-0.3, -0.25) is 0 Å². The van der Waals surface area contributed by atoms with Crippen molar-refractivity contribution in [2.75, 3.05) is 6.61 Å². The summed E-state index contributed by atoms with van der Waals surface area (Å²) in [6, 6.07) is 0. The fraction of sp³-hybridized carbons (Fsp3) is 0.500. The summed E-state index contributed by atoms with van der Waals surface area (Å²) in [6.45, 7) is -0.336. The lowest BCUT2D eigenvalue weighted by Crippen LogP contribution is -2.25. The zero-order valence-electron chi connectivity index (χ0n) is 7.25. The molecule has 6 heteroatoms. The minimum Gasteiger partial charge on any atom is -0.478 e. The Balaban J connectivity index is 2.43. The molecule has 1 fully saturated rings. The predicted octanol–water partition coefficient (Wildman–Crippen LogP) is -0.0864. The van der Waals surface area contributed by atoms with Crippen LogP contribution in [0.5, 0.6) is 0 Å². The summed E-state index contributed by atoms with van der Waals surface area (Å²) in [4.78, 5) is 20.7. The lowest BCUT2D eigenvalue weighted by Gasteiger charge is -2.09. The highest BCUT2D eigenvalue weighted by molar-refractivity contribution is 5.79. The van der Waals surface area contributed by atoms with Gasteiger partial charge in [0.05, 0.1) is 6.61 Å². The largest absolute Gasteiger partial charge is 0.509 e. The molecule has 0 aliphatic carbocycles. The van der Waals surface area contributed by atoms with Crippen LogP contribution in [0.4, 0.5) is 4.79 Å². The number of hydrogen-bond acceptors (Lipinski definition) is 5. The second-order valence-corrected chi connectivity index (χ2v) is 2.72. The zero-order valence-corrected chi connectivity index (χ0v) is 7.25. The van der Waals surface area contributed by atoms with Crippen LogP contribution < -0.4 is 0 Å². The van der Waals surface area contributed by atoms with Gasteiger partial charge in [-0.15, -0.1) is 0 Å². The van der Waals surface area contributed by atoms with Crippen molar-refractivity contribution in [2.45, 2.75) is 18.6 Å². The maximum absolute atomic E-state index is 10.6. The van der Waals surface area contributed by atoms with Crippen molar-refractivity contribution in [3.05, 3.63) is 12.2 Å². The van der Waals surface area contributed by atoms with E-state index < -0.39 is 24.3 Å². The number of carboxylic acid groups (broad SMARTS) is 1. The van der Waals surface area contributed by atoms with Gasteiger partial charge in [-0.2, -0.15) is 0 Å². The normalized spacial score (nSPS) is 26.2. The van der Waals surface area contributed by atoms with Gasteiger partial charge < -0.3 is 19.7 Å². The number of aliphatic carboxylic acids is 1. The molecular formula is C8H10O6. The number of carbonyl (C=O) groups is 2. The lowest BCUT2D eigenvalue weighted by molar-refractivity contribution is -0.131. The molecule has 0 unspecified atom stereocenters. The van der Waals surface area contributed by atoms with Crippen LogP contribution in [0.15, 0.2) is 12.2 Å². The van der Waals surface area contributed by atoms with Gasteiger partial charge in [0.25, 0.3) is 0 Å². The van der Waals surface area contributed by atoms with Gasteiger partial charge in [-0.1, -0.05) is 6.08 Å². The molecule has 1 saturated heterocycles. The Morgan fingerprint density at radius 2 is 2.07 bits per heavy atom. The van der Waals surface area contributed by atoms with E-state index in [0.29, 0.717) is 0 Å². The molecule has 0 radical (unpaired) electrons. The van der Waals surface area contributed by atoms with E-state index in [1.165, 1.54) is 6.08 Å². The molecule has 14 heavy (non-hydrogen) atoms. The topological polar surface area (TPSA) is 93.1 Å². The molecule has 0 aromatic carbocycles. The van der Waals surface area contributed by atoms with Crippen LogP contribution in [0.25, 0.3) is 0 Å². The van der Waals surface area contributed by atoms with Crippen LogP contribution in [0.1, 0.15) is 6.42 Å². The van der Waals surface area contributed by atoms with Gasteiger partial charge in [0.15, 0.2) is 6.10 Å². The van der Waals surface area contributed by atoms with E-state index in [0.717, 1.165) is 6.08 Å². The number of cyclic esters (lactones) is 2. The summed E-state index contributed by atoms with van der Waals surface area (Å²) in [5, 5.41) is 17.1. The van der Waals surface area contributed by atoms with Crippen LogP contribution in [0.2, 0.25) is 0 Å². The SMILES string of the molecule is O=C(O)/C=C/C[C@@H]1OC(=O)O[C@@H]1CO. The Bertz CT molecular complexity index is 259. The summed E-state index contributed by atoms with van der Waals surface area (Å²) in [7, 11) is 0. The van der Waals surface area contributed by atoms with Crippen LogP contribution in [0, 0.1) is 0 Å². The highest BCUT2D eigenvalue weighted by Gasteiger charge is 2.34. The lowest BCUT2D eigenvalue weighted by atomic mass is 10.1. The molecule has 1 aliphatic rings. The first-order valence-electron chi connectivity index (χ1n) is 4.01. The first-order valence-corrected chi connectivity index (χ1v) is 4.01. The number of aliphatic hydroxyl groups excluding tert-OH is 1. The molecule has 78 valence electrons. The van der Waals surface area contributed by atoms with Crippen molar-refractivity contribution in [3.63, 3.8) is 0 Å². The van der Waals surface area contributed by atoms with Crippen LogP contribution in [0.3, 0.4) is 0 Å². The summed E-state index contributed by atoms with van der Waals surface area (Å²) in [5.41, 5.74) is 0. The Morgan fingerprint density at radius 3 is 2.64 bits per heavy atom. The van der Waals surface area contributed by atoms with Crippen LogP contribution >= 0.6 is 0 Å². The molecule has 0 aromatic rings. The van der Waals surface area contributed by atoms with E-state index in [4.69, 9.17) is 10.2 Å². The number of hydrogen-bond donors (Lipinski definition) is 2. The van der Waals surface area contributed by atoms with E-state index in [2.05, 4.69) is 9.47 Å².